The number of aryl methyl sites for hydroxylation is 2. The Balaban J connectivity index is 1.66. The number of nitrogens with zero attached hydrogens (tertiary/aromatic N) is 3. The number of carbonyl (C=O) groups excluding carboxylic acids is 1. The molecule has 7 nitrogen and oxygen atoms in total. The number of aromatic nitrogens is 3. The van der Waals surface area contributed by atoms with Crippen molar-refractivity contribution in [2.75, 3.05) is 6.61 Å². The van der Waals surface area contributed by atoms with Crippen molar-refractivity contribution >= 4 is 5.91 Å². The molecular formula is C31H31F4N5O2. The highest BCUT2D eigenvalue weighted by molar-refractivity contribution is 6.00. The van der Waals surface area contributed by atoms with Crippen LogP contribution in [0, 0.1) is 24.1 Å². The number of benzene rings is 2. The van der Waals surface area contributed by atoms with E-state index in [0.717, 1.165) is 23.1 Å². The number of halogens is 4. The minimum absolute atomic E-state index is 0.00578. The lowest BCUT2D eigenvalue weighted by molar-refractivity contribution is -0.140. The van der Waals surface area contributed by atoms with Crippen molar-refractivity contribution in [3.63, 3.8) is 0 Å². The molecule has 0 aliphatic heterocycles. The Labute approximate surface area is 240 Å². The van der Waals surface area contributed by atoms with E-state index in [0.29, 0.717) is 11.1 Å². The van der Waals surface area contributed by atoms with Gasteiger partial charge in [-0.05, 0) is 79.6 Å². The standard InChI is InChI=1S/C31H31F4N5O2/c1-4-42-28-22(24-17-39(3)38-29(24)31(33,34)35)14-19(16-40-12-6-5-7-26(40)36)15-23(28)30(41)37-27(20-8-9-20)21-10-11-25(32)18(2)13-21/h5-7,10-15,17,20,27,36H,4,8-9,16H2,1-3H3,(H,37,41). The topological polar surface area (TPSA) is 84.9 Å². The van der Waals surface area contributed by atoms with Crippen LogP contribution in [0.2, 0.25) is 0 Å². The first-order chi connectivity index (χ1) is 20.0. The molecule has 0 radical (unpaired) electrons. The van der Waals surface area contributed by atoms with Crippen LogP contribution in [0.3, 0.4) is 0 Å². The molecule has 1 saturated carbocycles. The number of hydrogen-bond donors (Lipinski definition) is 2. The lowest BCUT2D eigenvalue weighted by Crippen LogP contribution is -2.30. The SMILES string of the molecule is CCOc1c(C(=O)NC(c2ccc(F)c(C)c2)C2CC2)cc(Cn2ccccc2=N)cc1-c1cn(C)nc1C(F)(F)F. The summed E-state index contributed by atoms with van der Waals surface area (Å²) in [6.07, 6.45) is -0.0486. The van der Waals surface area contributed by atoms with Gasteiger partial charge in [-0.2, -0.15) is 18.3 Å². The molecule has 1 fully saturated rings. The minimum Gasteiger partial charge on any atom is -0.492 e. The van der Waals surface area contributed by atoms with E-state index in [9.17, 15) is 22.4 Å². The number of amides is 1. The third kappa shape index (κ3) is 6.09. The molecule has 42 heavy (non-hydrogen) atoms. The first kappa shape index (κ1) is 29.1. The molecule has 4 aromatic rings. The zero-order valence-electron chi connectivity index (χ0n) is 23.4. The van der Waals surface area contributed by atoms with Crippen molar-refractivity contribution in [2.24, 2.45) is 13.0 Å². The lowest BCUT2D eigenvalue weighted by atomic mass is 9.96. The Morgan fingerprint density at radius 2 is 1.93 bits per heavy atom. The summed E-state index contributed by atoms with van der Waals surface area (Å²) < 4.78 is 64.9. The third-order valence-electron chi connectivity index (χ3n) is 7.28. The van der Waals surface area contributed by atoms with Crippen LogP contribution < -0.4 is 15.5 Å². The summed E-state index contributed by atoms with van der Waals surface area (Å²) >= 11 is 0. The fourth-order valence-electron chi connectivity index (χ4n) is 5.14. The second-order valence-corrected chi connectivity index (χ2v) is 10.5. The van der Waals surface area contributed by atoms with Crippen LogP contribution in [0.15, 0.2) is 60.9 Å². The normalized spacial score (nSPS) is 14.1. The predicted octanol–water partition coefficient (Wildman–Crippen LogP) is 6.16. The van der Waals surface area contributed by atoms with Gasteiger partial charge in [0.2, 0.25) is 0 Å². The smallest absolute Gasteiger partial charge is 0.435 e. The zero-order valence-corrected chi connectivity index (χ0v) is 23.4. The number of ether oxygens (including phenoxy) is 1. The van der Waals surface area contributed by atoms with Crippen molar-refractivity contribution < 1.29 is 27.1 Å². The second kappa shape index (κ2) is 11.5. The van der Waals surface area contributed by atoms with E-state index in [1.54, 1.807) is 67.1 Å². The molecule has 1 amide bonds. The molecule has 0 saturated heterocycles. The molecule has 2 heterocycles. The molecule has 2 aromatic heterocycles. The highest BCUT2D eigenvalue weighted by Crippen LogP contribution is 2.44. The largest absolute Gasteiger partial charge is 0.492 e. The highest BCUT2D eigenvalue weighted by Gasteiger charge is 2.39. The average Bonchev–Trinajstić information content (AvgIpc) is 3.70. The minimum atomic E-state index is -4.75. The number of carbonyl (C=O) groups is 1. The van der Waals surface area contributed by atoms with Gasteiger partial charge in [-0.25, -0.2) is 4.39 Å². The first-order valence-corrected chi connectivity index (χ1v) is 13.6. The van der Waals surface area contributed by atoms with Crippen LogP contribution in [0.5, 0.6) is 5.75 Å². The summed E-state index contributed by atoms with van der Waals surface area (Å²) in [6.45, 7) is 3.57. The molecule has 0 spiro atoms. The van der Waals surface area contributed by atoms with Gasteiger partial charge in [0.25, 0.3) is 5.91 Å². The van der Waals surface area contributed by atoms with Crippen molar-refractivity contribution in [1.29, 1.82) is 5.41 Å². The molecule has 1 aliphatic carbocycles. The van der Waals surface area contributed by atoms with Gasteiger partial charge < -0.3 is 14.6 Å². The van der Waals surface area contributed by atoms with Gasteiger partial charge >= 0.3 is 6.18 Å². The summed E-state index contributed by atoms with van der Waals surface area (Å²) in [6, 6.07) is 12.5. The maximum atomic E-state index is 14.1. The predicted molar refractivity (Wildman–Crippen MR) is 148 cm³/mol. The fourth-order valence-corrected chi connectivity index (χ4v) is 5.14. The summed E-state index contributed by atoms with van der Waals surface area (Å²) in [7, 11) is 1.40. The molecule has 0 bridgehead atoms. The fraction of sp³-hybridized carbons (Fsp3) is 0.323. The van der Waals surface area contributed by atoms with Crippen LogP contribution in [-0.4, -0.2) is 26.9 Å². The molecule has 220 valence electrons. The van der Waals surface area contributed by atoms with Crippen molar-refractivity contribution in [1.82, 2.24) is 19.7 Å². The molecule has 1 unspecified atom stereocenters. The van der Waals surface area contributed by atoms with E-state index >= 15 is 0 Å². The summed E-state index contributed by atoms with van der Waals surface area (Å²) in [4.78, 5) is 14.0. The van der Waals surface area contributed by atoms with Crippen LogP contribution in [-0.2, 0) is 19.8 Å². The van der Waals surface area contributed by atoms with Crippen molar-refractivity contribution in [2.45, 2.75) is 45.5 Å². The summed E-state index contributed by atoms with van der Waals surface area (Å²) in [5, 5.41) is 15.0. The Kier molecular flexibility index (Phi) is 7.94. The summed E-state index contributed by atoms with van der Waals surface area (Å²) in [5.74, 6) is -0.717. The second-order valence-electron chi connectivity index (χ2n) is 10.5. The van der Waals surface area contributed by atoms with E-state index < -0.39 is 23.8 Å². The van der Waals surface area contributed by atoms with Crippen LogP contribution in [0.1, 0.15) is 58.5 Å². The van der Waals surface area contributed by atoms with Crippen LogP contribution >= 0.6 is 0 Å². The zero-order chi connectivity index (χ0) is 30.2. The van der Waals surface area contributed by atoms with Crippen molar-refractivity contribution in [3.05, 3.63) is 100 Å². The molecule has 5 rings (SSSR count). The van der Waals surface area contributed by atoms with Gasteiger partial charge in [-0.3, -0.25) is 14.9 Å². The van der Waals surface area contributed by atoms with Gasteiger partial charge in [0.05, 0.1) is 18.2 Å². The Bertz CT molecular complexity index is 1690. The average molecular weight is 582 g/mol. The van der Waals surface area contributed by atoms with Gasteiger partial charge in [0.15, 0.2) is 5.69 Å². The molecule has 1 aliphatic rings. The number of hydrogen-bond acceptors (Lipinski definition) is 4. The molecule has 2 aromatic carbocycles. The van der Waals surface area contributed by atoms with E-state index in [1.165, 1.54) is 19.3 Å². The lowest BCUT2D eigenvalue weighted by Gasteiger charge is -2.22. The van der Waals surface area contributed by atoms with Gasteiger partial charge in [0, 0.05) is 37.1 Å². The van der Waals surface area contributed by atoms with E-state index in [4.69, 9.17) is 10.1 Å². The highest BCUT2D eigenvalue weighted by atomic mass is 19.4. The van der Waals surface area contributed by atoms with E-state index in [1.807, 2.05) is 0 Å². The Morgan fingerprint density at radius 3 is 2.57 bits per heavy atom. The maximum absolute atomic E-state index is 14.1. The van der Waals surface area contributed by atoms with E-state index in [-0.39, 0.29) is 52.8 Å². The number of pyridine rings is 1. The molecule has 1 atom stereocenters. The maximum Gasteiger partial charge on any atom is 0.435 e. The van der Waals surface area contributed by atoms with Crippen molar-refractivity contribution in [3.8, 4) is 16.9 Å². The first-order valence-electron chi connectivity index (χ1n) is 13.6. The molecular weight excluding hydrogens is 550 g/mol. The monoisotopic (exact) mass is 581 g/mol. The Hall–Kier alpha value is -4.41. The number of rotatable bonds is 9. The number of nitrogens with one attached hydrogen (secondary N) is 2. The van der Waals surface area contributed by atoms with Gasteiger partial charge in [-0.15, -0.1) is 0 Å². The Morgan fingerprint density at radius 1 is 1.17 bits per heavy atom. The van der Waals surface area contributed by atoms with E-state index in [2.05, 4.69) is 10.4 Å². The molecule has 11 heteroatoms. The van der Waals surface area contributed by atoms with Gasteiger partial charge in [0.1, 0.15) is 17.1 Å². The van der Waals surface area contributed by atoms with Crippen LogP contribution in [0.4, 0.5) is 17.6 Å². The quantitative estimate of drug-likeness (QED) is 0.232. The molecule has 2 N–H and O–H groups in total. The van der Waals surface area contributed by atoms with Crippen LogP contribution in [0.25, 0.3) is 11.1 Å². The summed E-state index contributed by atoms with van der Waals surface area (Å²) in [5.41, 5.74) is 0.718. The third-order valence-corrected chi connectivity index (χ3v) is 7.28. The number of alkyl halides is 3. The van der Waals surface area contributed by atoms with Gasteiger partial charge in [-0.1, -0.05) is 18.2 Å².